The van der Waals surface area contributed by atoms with Crippen molar-refractivity contribution < 1.29 is 19.2 Å². The van der Waals surface area contributed by atoms with Crippen LogP contribution >= 0.6 is 0 Å². The third kappa shape index (κ3) is 6.45. The number of ether oxygens (including phenoxy) is 2. The number of rotatable bonds is 9. The van der Waals surface area contributed by atoms with E-state index in [0.29, 0.717) is 11.5 Å². The predicted octanol–water partition coefficient (Wildman–Crippen LogP) is 3.70. The summed E-state index contributed by atoms with van der Waals surface area (Å²) >= 11 is 0. The van der Waals surface area contributed by atoms with E-state index in [-0.39, 0.29) is 24.8 Å². The summed E-state index contributed by atoms with van der Waals surface area (Å²) < 4.78 is 11.1. The number of nitro groups is 1. The van der Waals surface area contributed by atoms with Gasteiger partial charge in [-0.05, 0) is 47.5 Å². The number of carbonyl (C=O) groups is 1. The zero-order valence-corrected chi connectivity index (χ0v) is 15.9. The van der Waals surface area contributed by atoms with Crippen molar-refractivity contribution in [2.75, 3.05) is 6.61 Å². The molecule has 0 saturated heterocycles. The molecule has 1 N–H and O–H groups in total. The summed E-state index contributed by atoms with van der Waals surface area (Å²) in [4.78, 5) is 22.0. The molecule has 0 bridgehead atoms. The Hall–Kier alpha value is -4.20. The Morgan fingerprint density at radius 3 is 2.43 bits per heavy atom. The van der Waals surface area contributed by atoms with Gasteiger partial charge in [-0.1, -0.05) is 30.3 Å². The Kier molecular flexibility index (Phi) is 7.10. The molecule has 30 heavy (non-hydrogen) atoms. The smallest absolute Gasteiger partial charge is 0.277 e. The third-order valence-electron chi connectivity index (χ3n) is 3.93. The maximum atomic E-state index is 11.8. The lowest BCUT2D eigenvalue weighted by Gasteiger charge is -2.07. The summed E-state index contributed by atoms with van der Waals surface area (Å²) in [6.45, 7) is 0.131. The highest BCUT2D eigenvalue weighted by Crippen LogP contribution is 2.16. The van der Waals surface area contributed by atoms with Gasteiger partial charge in [-0.25, -0.2) is 5.43 Å². The monoisotopic (exact) mass is 405 g/mol. The second kappa shape index (κ2) is 10.4. The molecule has 3 aromatic rings. The average molecular weight is 405 g/mol. The zero-order valence-electron chi connectivity index (χ0n) is 15.9. The molecule has 1 amide bonds. The SMILES string of the molecule is O=C(COc1ccccc1)N/N=C\c1cccc(OCc2ccc([N+](=O)[O-])cc2)c1. The van der Waals surface area contributed by atoms with Crippen molar-refractivity contribution >= 4 is 17.8 Å². The average Bonchev–Trinajstić information content (AvgIpc) is 2.77. The van der Waals surface area contributed by atoms with Gasteiger partial charge in [-0.15, -0.1) is 0 Å². The first-order chi connectivity index (χ1) is 14.6. The molecule has 0 unspecified atom stereocenters. The van der Waals surface area contributed by atoms with E-state index in [9.17, 15) is 14.9 Å². The van der Waals surface area contributed by atoms with E-state index in [1.54, 1.807) is 42.5 Å². The standard InChI is InChI=1S/C22H19N3O5/c26-22(16-30-20-6-2-1-3-7-20)24-23-14-18-5-4-8-21(13-18)29-15-17-9-11-19(12-10-17)25(27)28/h1-14H,15-16H2,(H,24,26)/b23-14-. The number of hydrazone groups is 1. The van der Waals surface area contributed by atoms with Crippen molar-refractivity contribution in [2.24, 2.45) is 5.10 Å². The Bertz CT molecular complexity index is 1020. The van der Waals surface area contributed by atoms with Crippen molar-refractivity contribution in [3.63, 3.8) is 0 Å². The zero-order chi connectivity index (χ0) is 21.2. The van der Waals surface area contributed by atoms with Gasteiger partial charge in [0.25, 0.3) is 11.6 Å². The maximum absolute atomic E-state index is 11.8. The molecule has 0 aromatic heterocycles. The molecule has 0 radical (unpaired) electrons. The molecule has 8 heteroatoms. The first-order valence-electron chi connectivity index (χ1n) is 9.06. The second-order valence-corrected chi connectivity index (χ2v) is 6.18. The van der Waals surface area contributed by atoms with Gasteiger partial charge in [0.2, 0.25) is 0 Å². The quantitative estimate of drug-likeness (QED) is 0.332. The molecule has 3 rings (SSSR count). The minimum absolute atomic E-state index is 0.0353. The molecule has 0 saturated carbocycles. The van der Waals surface area contributed by atoms with Gasteiger partial charge in [-0.3, -0.25) is 14.9 Å². The number of para-hydroxylation sites is 1. The number of amides is 1. The van der Waals surface area contributed by atoms with Gasteiger partial charge >= 0.3 is 0 Å². The highest BCUT2D eigenvalue weighted by Gasteiger charge is 2.05. The predicted molar refractivity (Wildman–Crippen MR) is 112 cm³/mol. The van der Waals surface area contributed by atoms with Crippen LogP contribution in [0.3, 0.4) is 0 Å². The lowest BCUT2D eigenvalue weighted by atomic mass is 10.2. The molecule has 0 aliphatic heterocycles. The molecule has 152 valence electrons. The normalized spacial score (nSPS) is 10.5. The molecule has 0 heterocycles. The van der Waals surface area contributed by atoms with E-state index < -0.39 is 4.92 Å². The molecule has 8 nitrogen and oxygen atoms in total. The van der Waals surface area contributed by atoms with Crippen LogP contribution in [0.15, 0.2) is 84.0 Å². The fourth-order valence-corrected chi connectivity index (χ4v) is 2.44. The lowest BCUT2D eigenvalue weighted by molar-refractivity contribution is -0.384. The van der Waals surface area contributed by atoms with Crippen LogP contribution in [0.5, 0.6) is 11.5 Å². The van der Waals surface area contributed by atoms with Crippen LogP contribution in [-0.2, 0) is 11.4 Å². The van der Waals surface area contributed by atoms with Gasteiger partial charge in [0.05, 0.1) is 11.1 Å². The molecule has 3 aromatic carbocycles. The van der Waals surface area contributed by atoms with E-state index in [2.05, 4.69) is 10.5 Å². The second-order valence-electron chi connectivity index (χ2n) is 6.18. The summed E-state index contributed by atoms with van der Waals surface area (Å²) in [5.41, 5.74) is 3.99. The number of benzene rings is 3. The van der Waals surface area contributed by atoms with Crippen LogP contribution in [0, 0.1) is 10.1 Å². The first-order valence-corrected chi connectivity index (χ1v) is 9.06. The topological polar surface area (TPSA) is 103 Å². The van der Waals surface area contributed by atoms with E-state index in [0.717, 1.165) is 11.1 Å². The highest BCUT2D eigenvalue weighted by atomic mass is 16.6. The molecular formula is C22H19N3O5. The Morgan fingerprint density at radius 2 is 1.70 bits per heavy atom. The molecule has 0 atom stereocenters. The van der Waals surface area contributed by atoms with Crippen molar-refractivity contribution in [1.29, 1.82) is 0 Å². The van der Waals surface area contributed by atoms with Gasteiger partial charge in [0, 0.05) is 12.1 Å². The minimum atomic E-state index is -0.444. The highest BCUT2D eigenvalue weighted by molar-refractivity contribution is 5.83. The molecule has 0 aliphatic carbocycles. The number of non-ortho nitro benzene ring substituents is 1. The van der Waals surface area contributed by atoms with E-state index >= 15 is 0 Å². The third-order valence-corrected chi connectivity index (χ3v) is 3.93. The summed E-state index contributed by atoms with van der Waals surface area (Å²) in [7, 11) is 0. The Balaban J connectivity index is 1.47. The van der Waals surface area contributed by atoms with Crippen LogP contribution in [0.25, 0.3) is 0 Å². The molecular weight excluding hydrogens is 386 g/mol. The molecule has 0 aliphatic rings. The van der Waals surface area contributed by atoms with Crippen molar-refractivity contribution in [3.05, 3.63) is 100 Å². The number of hydrogen-bond donors (Lipinski definition) is 1. The van der Waals surface area contributed by atoms with E-state index in [1.165, 1.54) is 18.3 Å². The van der Waals surface area contributed by atoms with Crippen LogP contribution < -0.4 is 14.9 Å². The number of carbonyl (C=O) groups excluding carboxylic acids is 1. The van der Waals surface area contributed by atoms with Gasteiger partial charge in [0.15, 0.2) is 6.61 Å². The maximum Gasteiger partial charge on any atom is 0.277 e. The van der Waals surface area contributed by atoms with Crippen LogP contribution in [-0.4, -0.2) is 23.7 Å². The summed E-state index contributed by atoms with van der Waals surface area (Å²) in [5.74, 6) is 0.839. The fraction of sp³-hybridized carbons (Fsp3) is 0.0909. The number of nitrogens with one attached hydrogen (secondary N) is 1. The lowest BCUT2D eigenvalue weighted by Crippen LogP contribution is -2.24. The van der Waals surface area contributed by atoms with E-state index in [4.69, 9.17) is 9.47 Å². The fourth-order valence-electron chi connectivity index (χ4n) is 2.44. The van der Waals surface area contributed by atoms with E-state index in [1.807, 2.05) is 24.3 Å². The van der Waals surface area contributed by atoms with Crippen LogP contribution in [0.1, 0.15) is 11.1 Å². The summed E-state index contributed by atoms with van der Waals surface area (Å²) in [6, 6.07) is 22.4. The number of nitrogens with zero attached hydrogens (tertiary/aromatic N) is 2. The Morgan fingerprint density at radius 1 is 0.967 bits per heavy atom. The number of nitro benzene ring substituents is 1. The molecule has 0 spiro atoms. The summed E-state index contributed by atoms with van der Waals surface area (Å²) in [5, 5.41) is 14.6. The van der Waals surface area contributed by atoms with Crippen molar-refractivity contribution in [1.82, 2.24) is 5.43 Å². The first kappa shape index (κ1) is 20.5. The van der Waals surface area contributed by atoms with Crippen LogP contribution in [0.4, 0.5) is 5.69 Å². The van der Waals surface area contributed by atoms with Crippen molar-refractivity contribution in [2.45, 2.75) is 6.61 Å². The Labute approximate surface area is 172 Å². The van der Waals surface area contributed by atoms with Gasteiger partial charge < -0.3 is 9.47 Å². The van der Waals surface area contributed by atoms with Gasteiger partial charge in [-0.2, -0.15) is 5.10 Å². The van der Waals surface area contributed by atoms with Gasteiger partial charge in [0.1, 0.15) is 18.1 Å². The number of hydrogen-bond acceptors (Lipinski definition) is 6. The summed E-state index contributed by atoms with van der Waals surface area (Å²) in [6.07, 6.45) is 1.50. The largest absolute Gasteiger partial charge is 0.489 e. The minimum Gasteiger partial charge on any atom is -0.489 e. The van der Waals surface area contributed by atoms with Crippen molar-refractivity contribution in [3.8, 4) is 11.5 Å². The molecule has 0 fully saturated rings. The van der Waals surface area contributed by atoms with Crippen LogP contribution in [0.2, 0.25) is 0 Å².